The fraction of sp³-hybridized carbons (Fsp3) is 0.500. The van der Waals surface area contributed by atoms with Crippen LogP contribution in [0, 0.1) is 11.9 Å². The van der Waals surface area contributed by atoms with Gasteiger partial charge in [-0.15, -0.1) is 0 Å². The van der Waals surface area contributed by atoms with E-state index in [1.165, 1.54) is 19.2 Å². The Bertz CT molecular complexity index is 658. The molecule has 1 aromatic heterocycles. The maximum atomic E-state index is 13.9. The molecule has 1 aliphatic rings. The Labute approximate surface area is 143 Å². The van der Waals surface area contributed by atoms with Gasteiger partial charge in [0.1, 0.15) is 6.10 Å². The van der Waals surface area contributed by atoms with Crippen LogP contribution >= 0.6 is 0 Å². The normalized spacial score (nSPS) is 19.6. The highest BCUT2D eigenvalue weighted by Gasteiger charge is 2.28. The minimum Gasteiger partial charge on any atom is -0.474 e. The second-order valence-corrected chi connectivity index (χ2v) is 5.55. The Morgan fingerprint density at radius 1 is 1.12 bits per heavy atom. The molecule has 1 fully saturated rings. The number of nitrogens with zero attached hydrogens (tertiary/aromatic N) is 1. The second-order valence-electron chi connectivity index (χ2n) is 5.55. The van der Waals surface area contributed by atoms with Crippen LogP contribution in [0.2, 0.25) is 0 Å². The van der Waals surface area contributed by atoms with Gasteiger partial charge in [0, 0.05) is 6.07 Å². The van der Waals surface area contributed by atoms with E-state index in [0.29, 0.717) is 25.7 Å². The number of rotatable bonds is 4. The summed E-state index contributed by atoms with van der Waals surface area (Å²) in [7, 11) is 2.40. The lowest BCUT2D eigenvalue weighted by molar-refractivity contribution is -0.150. The average Bonchev–Trinajstić information content (AvgIpc) is 2.63. The van der Waals surface area contributed by atoms with Gasteiger partial charge in [-0.25, -0.2) is 4.79 Å². The SMILES string of the molecule is COC(=O)C(=O)Nc1ccc(O[C@H]2CC[C@@H](C(=O)OC)CC2)nc1F. The number of carbonyl (C=O) groups excluding carboxylic acids is 3. The number of ether oxygens (including phenoxy) is 3. The van der Waals surface area contributed by atoms with E-state index >= 15 is 0 Å². The Kier molecular flexibility index (Phi) is 6.26. The van der Waals surface area contributed by atoms with Gasteiger partial charge in [-0.3, -0.25) is 9.59 Å². The van der Waals surface area contributed by atoms with E-state index in [1.807, 2.05) is 0 Å². The highest BCUT2D eigenvalue weighted by atomic mass is 19.1. The van der Waals surface area contributed by atoms with Crippen molar-refractivity contribution < 1.29 is 33.0 Å². The molecule has 1 aromatic rings. The first-order valence-electron chi connectivity index (χ1n) is 7.75. The lowest BCUT2D eigenvalue weighted by atomic mass is 9.87. The van der Waals surface area contributed by atoms with Gasteiger partial charge < -0.3 is 19.5 Å². The van der Waals surface area contributed by atoms with Crippen molar-refractivity contribution in [3.05, 3.63) is 18.1 Å². The molecule has 8 nitrogen and oxygen atoms in total. The first-order valence-corrected chi connectivity index (χ1v) is 7.75. The van der Waals surface area contributed by atoms with Crippen molar-refractivity contribution >= 4 is 23.5 Å². The quantitative estimate of drug-likeness (QED) is 0.496. The van der Waals surface area contributed by atoms with Gasteiger partial charge in [0.15, 0.2) is 0 Å². The van der Waals surface area contributed by atoms with Crippen LogP contribution in [-0.4, -0.2) is 43.2 Å². The standard InChI is InChI=1S/C16H19FN2O6/c1-23-15(21)9-3-5-10(6-4-9)25-12-8-7-11(13(17)19-12)18-14(20)16(22)24-2/h7-10H,3-6H2,1-2H3,(H,18,20)/t9-,10+. The van der Waals surface area contributed by atoms with Crippen molar-refractivity contribution in [1.29, 1.82) is 0 Å². The van der Waals surface area contributed by atoms with Crippen LogP contribution in [0.15, 0.2) is 12.1 Å². The van der Waals surface area contributed by atoms with E-state index in [-0.39, 0.29) is 29.6 Å². The van der Waals surface area contributed by atoms with Crippen molar-refractivity contribution in [2.24, 2.45) is 5.92 Å². The zero-order chi connectivity index (χ0) is 18.4. The molecule has 1 heterocycles. The molecule has 0 saturated heterocycles. The Hall–Kier alpha value is -2.71. The minimum absolute atomic E-state index is 0.0649. The summed E-state index contributed by atoms with van der Waals surface area (Å²) < 4.78 is 28.5. The molecule has 0 aromatic carbocycles. The molecule has 0 unspecified atom stereocenters. The van der Waals surface area contributed by atoms with Crippen LogP contribution in [0.3, 0.4) is 0 Å². The Balaban J connectivity index is 1.92. The second kappa shape index (κ2) is 8.41. The molecule has 2 rings (SSSR count). The van der Waals surface area contributed by atoms with Crippen LogP contribution in [0.4, 0.5) is 10.1 Å². The number of anilines is 1. The monoisotopic (exact) mass is 354 g/mol. The highest BCUT2D eigenvalue weighted by molar-refractivity contribution is 6.37. The van der Waals surface area contributed by atoms with E-state index in [1.54, 1.807) is 0 Å². The molecule has 0 aliphatic heterocycles. The van der Waals surface area contributed by atoms with Crippen LogP contribution < -0.4 is 10.1 Å². The zero-order valence-corrected chi connectivity index (χ0v) is 13.9. The molecule has 9 heteroatoms. The summed E-state index contributed by atoms with van der Waals surface area (Å²) in [5.74, 6) is -3.51. The average molecular weight is 354 g/mol. The number of aromatic nitrogens is 1. The predicted octanol–water partition coefficient (Wildman–Crippen LogP) is 1.44. The molecule has 0 bridgehead atoms. The van der Waals surface area contributed by atoms with Gasteiger partial charge in [-0.1, -0.05) is 0 Å². The number of pyridine rings is 1. The number of hydrogen-bond acceptors (Lipinski definition) is 7. The molecule has 1 aliphatic carbocycles. The lowest BCUT2D eigenvalue weighted by Gasteiger charge is -2.27. The van der Waals surface area contributed by atoms with Crippen LogP contribution in [0.5, 0.6) is 5.88 Å². The molecule has 25 heavy (non-hydrogen) atoms. The Morgan fingerprint density at radius 3 is 2.36 bits per heavy atom. The summed E-state index contributed by atoms with van der Waals surface area (Å²) in [5.41, 5.74) is -0.253. The first-order chi connectivity index (χ1) is 11.9. The van der Waals surface area contributed by atoms with Gasteiger partial charge in [-0.2, -0.15) is 9.37 Å². The maximum Gasteiger partial charge on any atom is 0.396 e. The molecule has 0 atom stereocenters. The number of amides is 1. The number of carbonyl (C=O) groups is 3. The third-order valence-electron chi connectivity index (χ3n) is 3.94. The zero-order valence-electron chi connectivity index (χ0n) is 13.9. The van der Waals surface area contributed by atoms with Gasteiger partial charge in [-0.05, 0) is 31.7 Å². The van der Waals surface area contributed by atoms with E-state index in [0.717, 1.165) is 7.11 Å². The van der Waals surface area contributed by atoms with E-state index in [9.17, 15) is 18.8 Å². The topological polar surface area (TPSA) is 104 Å². The maximum absolute atomic E-state index is 13.9. The summed E-state index contributed by atoms with van der Waals surface area (Å²) in [4.78, 5) is 37.5. The molecular weight excluding hydrogens is 335 g/mol. The van der Waals surface area contributed by atoms with Gasteiger partial charge in [0.25, 0.3) is 0 Å². The van der Waals surface area contributed by atoms with Crippen molar-refractivity contribution in [2.45, 2.75) is 31.8 Å². The summed E-state index contributed by atoms with van der Waals surface area (Å²) in [5, 5.41) is 2.06. The van der Waals surface area contributed by atoms with Crippen molar-refractivity contribution in [1.82, 2.24) is 4.98 Å². The summed E-state index contributed by atoms with van der Waals surface area (Å²) in [6.07, 6.45) is 2.34. The fourth-order valence-electron chi connectivity index (χ4n) is 2.60. The molecule has 0 spiro atoms. The third-order valence-corrected chi connectivity index (χ3v) is 3.94. The number of esters is 2. The van der Waals surface area contributed by atoms with Crippen molar-refractivity contribution in [3.63, 3.8) is 0 Å². The predicted molar refractivity (Wildman–Crippen MR) is 83.2 cm³/mol. The summed E-state index contributed by atoms with van der Waals surface area (Å²) in [6.45, 7) is 0. The number of nitrogens with one attached hydrogen (secondary N) is 1. The first kappa shape index (κ1) is 18.6. The summed E-state index contributed by atoms with van der Waals surface area (Å²) in [6, 6.07) is 2.64. The third kappa shape index (κ3) is 4.88. The largest absolute Gasteiger partial charge is 0.474 e. The van der Waals surface area contributed by atoms with E-state index in [4.69, 9.17) is 9.47 Å². The molecule has 1 N–H and O–H groups in total. The number of hydrogen-bond donors (Lipinski definition) is 1. The summed E-state index contributed by atoms with van der Waals surface area (Å²) >= 11 is 0. The smallest absolute Gasteiger partial charge is 0.396 e. The number of halogens is 1. The fourth-order valence-corrected chi connectivity index (χ4v) is 2.60. The lowest BCUT2D eigenvalue weighted by Crippen LogP contribution is -2.29. The highest BCUT2D eigenvalue weighted by Crippen LogP contribution is 2.28. The number of methoxy groups -OCH3 is 2. The van der Waals surface area contributed by atoms with Crippen LogP contribution in [0.1, 0.15) is 25.7 Å². The van der Waals surface area contributed by atoms with E-state index in [2.05, 4.69) is 15.0 Å². The van der Waals surface area contributed by atoms with E-state index < -0.39 is 17.8 Å². The molecular formula is C16H19FN2O6. The molecule has 1 amide bonds. The van der Waals surface area contributed by atoms with Crippen molar-refractivity contribution in [2.75, 3.05) is 19.5 Å². The van der Waals surface area contributed by atoms with Crippen molar-refractivity contribution in [3.8, 4) is 5.88 Å². The molecule has 1 saturated carbocycles. The van der Waals surface area contributed by atoms with Gasteiger partial charge in [0.2, 0.25) is 11.8 Å². The Morgan fingerprint density at radius 2 is 1.80 bits per heavy atom. The molecule has 0 radical (unpaired) electrons. The minimum atomic E-state index is -1.14. The van der Waals surface area contributed by atoms with Gasteiger partial charge in [0.05, 0.1) is 25.8 Å². The van der Waals surface area contributed by atoms with Gasteiger partial charge >= 0.3 is 17.8 Å². The van der Waals surface area contributed by atoms with Crippen LogP contribution in [0.25, 0.3) is 0 Å². The van der Waals surface area contributed by atoms with Crippen LogP contribution in [-0.2, 0) is 23.9 Å². The molecule has 136 valence electrons.